The van der Waals surface area contributed by atoms with Gasteiger partial charge in [0, 0.05) is 17.1 Å². The number of hydrogen-bond acceptors (Lipinski definition) is 4. The van der Waals surface area contributed by atoms with Crippen LogP contribution in [0.3, 0.4) is 0 Å². The Kier molecular flexibility index (Phi) is 5.65. The fraction of sp³-hybridized carbons (Fsp3) is 0.636. The highest BCUT2D eigenvalue weighted by Crippen LogP contribution is 2.14. The van der Waals surface area contributed by atoms with Gasteiger partial charge < -0.3 is 5.32 Å². The number of rotatable bonds is 6. The standard InChI is InChI=1S/C11H19N3S/c1-4-12-6-5-7-15-11-13-9(2)8-10(3)14-11/h8,12H,4-7H2,1-3H3. The van der Waals surface area contributed by atoms with Gasteiger partial charge in [0.1, 0.15) is 0 Å². The molecule has 0 aromatic carbocycles. The third-order valence-electron chi connectivity index (χ3n) is 1.94. The Morgan fingerprint density at radius 1 is 1.27 bits per heavy atom. The van der Waals surface area contributed by atoms with Crippen molar-refractivity contribution in [2.45, 2.75) is 32.3 Å². The summed E-state index contributed by atoms with van der Waals surface area (Å²) in [7, 11) is 0. The van der Waals surface area contributed by atoms with Gasteiger partial charge in [-0.3, -0.25) is 0 Å². The first-order valence-electron chi connectivity index (χ1n) is 5.38. The van der Waals surface area contributed by atoms with Crippen LogP contribution in [0.15, 0.2) is 11.2 Å². The molecule has 0 spiro atoms. The SMILES string of the molecule is CCNCCCSc1nc(C)cc(C)n1. The molecule has 15 heavy (non-hydrogen) atoms. The van der Waals surface area contributed by atoms with E-state index >= 15 is 0 Å². The third kappa shape index (κ3) is 5.14. The fourth-order valence-electron chi connectivity index (χ4n) is 1.30. The number of aryl methyl sites for hydroxylation is 2. The largest absolute Gasteiger partial charge is 0.317 e. The first-order chi connectivity index (χ1) is 7.22. The molecule has 0 bridgehead atoms. The molecule has 0 amide bonds. The van der Waals surface area contributed by atoms with E-state index < -0.39 is 0 Å². The van der Waals surface area contributed by atoms with Crippen molar-refractivity contribution in [1.29, 1.82) is 0 Å². The van der Waals surface area contributed by atoms with Crippen LogP contribution in [0.1, 0.15) is 24.7 Å². The molecule has 0 aliphatic carbocycles. The summed E-state index contributed by atoms with van der Waals surface area (Å²) < 4.78 is 0. The molecule has 1 N–H and O–H groups in total. The van der Waals surface area contributed by atoms with Gasteiger partial charge in [-0.2, -0.15) is 0 Å². The van der Waals surface area contributed by atoms with E-state index in [0.717, 1.165) is 41.8 Å². The van der Waals surface area contributed by atoms with Crippen LogP contribution in [0, 0.1) is 13.8 Å². The first-order valence-corrected chi connectivity index (χ1v) is 6.36. The number of nitrogens with one attached hydrogen (secondary N) is 1. The molecular formula is C11H19N3S. The van der Waals surface area contributed by atoms with Crippen molar-refractivity contribution in [3.8, 4) is 0 Å². The summed E-state index contributed by atoms with van der Waals surface area (Å²) in [6, 6.07) is 2.00. The summed E-state index contributed by atoms with van der Waals surface area (Å²) in [6.07, 6.45) is 1.16. The predicted molar refractivity (Wildman–Crippen MR) is 65.4 cm³/mol. The second-order valence-electron chi connectivity index (χ2n) is 3.49. The van der Waals surface area contributed by atoms with Gasteiger partial charge in [0.15, 0.2) is 5.16 Å². The molecule has 4 heteroatoms. The Balaban J connectivity index is 2.31. The van der Waals surface area contributed by atoms with E-state index in [0.29, 0.717) is 0 Å². The molecule has 0 radical (unpaired) electrons. The van der Waals surface area contributed by atoms with Gasteiger partial charge in [-0.15, -0.1) is 0 Å². The van der Waals surface area contributed by atoms with Crippen LogP contribution in [-0.4, -0.2) is 28.8 Å². The van der Waals surface area contributed by atoms with E-state index in [1.807, 2.05) is 19.9 Å². The van der Waals surface area contributed by atoms with E-state index in [1.165, 1.54) is 0 Å². The lowest BCUT2D eigenvalue weighted by atomic mass is 10.4. The Morgan fingerprint density at radius 2 is 1.93 bits per heavy atom. The van der Waals surface area contributed by atoms with Crippen molar-refractivity contribution in [2.24, 2.45) is 0 Å². The van der Waals surface area contributed by atoms with Gasteiger partial charge in [0.25, 0.3) is 0 Å². The lowest BCUT2D eigenvalue weighted by Gasteiger charge is -2.03. The summed E-state index contributed by atoms with van der Waals surface area (Å²) in [5.74, 6) is 1.08. The summed E-state index contributed by atoms with van der Waals surface area (Å²) in [5.41, 5.74) is 2.10. The van der Waals surface area contributed by atoms with Crippen LogP contribution in [-0.2, 0) is 0 Å². The molecule has 1 aromatic heterocycles. The van der Waals surface area contributed by atoms with Crippen LogP contribution >= 0.6 is 11.8 Å². The predicted octanol–water partition coefficient (Wildman–Crippen LogP) is 2.19. The third-order valence-corrected chi connectivity index (χ3v) is 2.87. The van der Waals surface area contributed by atoms with Crippen molar-refractivity contribution in [3.63, 3.8) is 0 Å². The van der Waals surface area contributed by atoms with Crippen molar-refractivity contribution in [1.82, 2.24) is 15.3 Å². The minimum absolute atomic E-state index is 0.906. The smallest absolute Gasteiger partial charge is 0.187 e. The fourth-order valence-corrected chi connectivity index (χ4v) is 2.18. The van der Waals surface area contributed by atoms with E-state index in [2.05, 4.69) is 22.2 Å². The maximum absolute atomic E-state index is 4.38. The highest BCUT2D eigenvalue weighted by molar-refractivity contribution is 7.99. The van der Waals surface area contributed by atoms with Crippen LogP contribution in [0.25, 0.3) is 0 Å². The quantitative estimate of drug-likeness (QED) is 0.457. The Hall–Kier alpha value is -0.610. The van der Waals surface area contributed by atoms with Crippen molar-refractivity contribution in [2.75, 3.05) is 18.8 Å². The normalized spacial score (nSPS) is 10.6. The lowest BCUT2D eigenvalue weighted by molar-refractivity contribution is 0.706. The van der Waals surface area contributed by atoms with Crippen LogP contribution in [0.2, 0.25) is 0 Å². The molecule has 1 aromatic rings. The van der Waals surface area contributed by atoms with Gasteiger partial charge in [0.2, 0.25) is 0 Å². The first kappa shape index (κ1) is 12.5. The average Bonchev–Trinajstić information content (AvgIpc) is 2.16. The maximum Gasteiger partial charge on any atom is 0.187 e. The summed E-state index contributed by atoms with van der Waals surface area (Å²) >= 11 is 1.74. The van der Waals surface area contributed by atoms with E-state index in [9.17, 15) is 0 Å². The van der Waals surface area contributed by atoms with E-state index in [4.69, 9.17) is 0 Å². The van der Waals surface area contributed by atoms with Crippen molar-refractivity contribution in [3.05, 3.63) is 17.5 Å². The number of aromatic nitrogens is 2. The van der Waals surface area contributed by atoms with Gasteiger partial charge >= 0.3 is 0 Å². The van der Waals surface area contributed by atoms with Gasteiger partial charge in [0.05, 0.1) is 0 Å². The van der Waals surface area contributed by atoms with Crippen LogP contribution in [0.4, 0.5) is 0 Å². The summed E-state index contributed by atoms with van der Waals surface area (Å²) in [5, 5.41) is 4.21. The molecule has 0 unspecified atom stereocenters. The molecule has 3 nitrogen and oxygen atoms in total. The Morgan fingerprint density at radius 3 is 2.53 bits per heavy atom. The zero-order valence-corrected chi connectivity index (χ0v) is 10.5. The Labute approximate surface area is 96.1 Å². The molecule has 0 aliphatic rings. The summed E-state index contributed by atoms with van der Waals surface area (Å²) in [4.78, 5) is 8.77. The molecule has 84 valence electrons. The Bertz CT molecular complexity index is 282. The minimum atomic E-state index is 0.906. The number of thioether (sulfide) groups is 1. The topological polar surface area (TPSA) is 37.8 Å². The average molecular weight is 225 g/mol. The van der Waals surface area contributed by atoms with Crippen molar-refractivity contribution >= 4 is 11.8 Å². The number of hydrogen-bond donors (Lipinski definition) is 1. The van der Waals surface area contributed by atoms with Gasteiger partial charge in [-0.25, -0.2) is 9.97 Å². The number of nitrogens with zero attached hydrogens (tertiary/aromatic N) is 2. The molecular weight excluding hydrogens is 206 g/mol. The molecule has 0 aliphatic heterocycles. The van der Waals surface area contributed by atoms with Crippen LogP contribution in [0.5, 0.6) is 0 Å². The molecule has 0 fully saturated rings. The highest BCUT2D eigenvalue weighted by Gasteiger charge is 1.99. The van der Waals surface area contributed by atoms with E-state index in [1.54, 1.807) is 11.8 Å². The molecule has 0 atom stereocenters. The molecule has 1 rings (SSSR count). The zero-order valence-electron chi connectivity index (χ0n) is 9.71. The lowest BCUT2D eigenvalue weighted by Crippen LogP contribution is -2.14. The zero-order chi connectivity index (χ0) is 11.1. The van der Waals surface area contributed by atoms with E-state index in [-0.39, 0.29) is 0 Å². The van der Waals surface area contributed by atoms with Crippen molar-refractivity contribution < 1.29 is 0 Å². The highest BCUT2D eigenvalue weighted by atomic mass is 32.2. The van der Waals surface area contributed by atoms with Gasteiger partial charge in [-0.1, -0.05) is 18.7 Å². The second kappa shape index (κ2) is 6.80. The summed E-state index contributed by atoms with van der Waals surface area (Å²) in [6.45, 7) is 8.27. The molecule has 0 saturated carbocycles. The second-order valence-corrected chi connectivity index (χ2v) is 4.55. The van der Waals surface area contributed by atoms with Crippen LogP contribution < -0.4 is 5.32 Å². The molecule has 1 heterocycles. The monoisotopic (exact) mass is 225 g/mol. The maximum atomic E-state index is 4.38. The minimum Gasteiger partial charge on any atom is -0.317 e. The molecule has 0 saturated heterocycles. The van der Waals surface area contributed by atoms with Gasteiger partial charge in [-0.05, 0) is 39.4 Å².